The highest BCUT2D eigenvalue weighted by Crippen LogP contribution is 2.48. The summed E-state index contributed by atoms with van der Waals surface area (Å²) in [7, 11) is 0. The van der Waals surface area contributed by atoms with Crippen LogP contribution in [0, 0.1) is 17.7 Å². The molecule has 7 nitrogen and oxygen atoms in total. The van der Waals surface area contributed by atoms with E-state index < -0.39 is 0 Å². The number of carbonyl (C=O) groups excluding carboxylic acids is 2. The van der Waals surface area contributed by atoms with Crippen LogP contribution in [0.3, 0.4) is 0 Å². The van der Waals surface area contributed by atoms with Crippen LogP contribution >= 0.6 is 0 Å². The standard InChI is InChI=1S/C30H28FN3O4/c1-18-24-15-32-34(21-9-7-20(31)8-10-21)26(24)14-19-6-11-23(29(18)19)30(37)33(12-13-35)16-27(36)25-17-38-28-5-3-2-4-22(25)28/h2-5,7-10,14-15,17-18,23,32,35H,6,11-13,16H2,1H3/t18-,23-/m0/s1. The summed E-state index contributed by atoms with van der Waals surface area (Å²) < 4.78 is 19.0. The minimum Gasteiger partial charge on any atom is -0.464 e. The van der Waals surface area contributed by atoms with Gasteiger partial charge in [0.2, 0.25) is 5.91 Å². The number of para-hydroxylation sites is 1. The zero-order valence-electron chi connectivity index (χ0n) is 21.0. The SMILES string of the molecule is C[C@H]1C2=CNN(c3ccc(F)cc3)C2=CC2=C1[C@@H](C(=O)N(CCO)CC(=O)c1coc3ccccc13)CC2. The number of aliphatic hydroxyl groups is 1. The van der Waals surface area contributed by atoms with Gasteiger partial charge in [0.05, 0.1) is 36.0 Å². The van der Waals surface area contributed by atoms with Gasteiger partial charge in [-0.05, 0) is 60.4 Å². The monoisotopic (exact) mass is 513 g/mol. The Balaban J connectivity index is 1.26. The van der Waals surface area contributed by atoms with Gasteiger partial charge in [0.25, 0.3) is 0 Å². The van der Waals surface area contributed by atoms with Crippen LogP contribution in [-0.4, -0.2) is 41.4 Å². The molecule has 2 aliphatic carbocycles. The highest BCUT2D eigenvalue weighted by molar-refractivity contribution is 6.09. The molecule has 0 unspecified atom stereocenters. The topological polar surface area (TPSA) is 86.0 Å². The lowest BCUT2D eigenvalue weighted by Crippen LogP contribution is -2.42. The Morgan fingerprint density at radius 3 is 2.76 bits per heavy atom. The largest absolute Gasteiger partial charge is 0.464 e. The van der Waals surface area contributed by atoms with Crippen molar-refractivity contribution >= 4 is 28.3 Å². The summed E-state index contributed by atoms with van der Waals surface area (Å²) in [4.78, 5) is 28.5. The number of nitrogens with zero attached hydrogens (tertiary/aromatic N) is 2. The van der Waals surface area contributed by atoms with Gasteiger partial charge in [-0.2, -0.15) is 0 Å². The summed E-state index contributed by atoms with van der Waals surface area (Å²) >= 11 is 0. The molecule has 38 heavy (non-hydrogen) atoms. The van der Waals surface area contributed by atoms with E-state index in [1.807, 2.05) is 29.4 Å². The molecule has 2 atom stereocenters. The Bertz CT molecular complexity index is 1520. The van der Waals surface area contributed by atoms with Gasteiger partial charge in [0.15, 0.2) is 5.78 Å². The first-order valence-electron chi connectivity index (χ1n) is 12.8. The van der Waals surface area contributed by atoms with Crippen LogP contribution in [0.25, 0.3) is 11.0 Å². The number of ketones is 1. The highest BCUT2D eigenvalue weighted by atomic mass is 19.1. The molecule has 0 fully saturated rings. The van der Waals surface area contributed by atoms with Gasteiger partial charge in [-0.3, -0.25) is 14.6 Å². The van der Waals surface area contributed by atoms with Crippen molar-refractivity contribution in [3.05, 3.63) is 101 Å². The fraction of sp³-hybridized carbons (Fsp3) is 0.267. The summed E-state index contributed by atoms with van der Waals surface area (Å²) in [5.74, 6) is -1.03. The van der Waals surface area contributed by atoms with Crippen LogP contribution in [-0.2, 0) is 4.79 Å². The molecule has 3 aromatic rings. The third-order valence-corrected chi connectivity index (χ3v) is 7.76. The Morgan fingerprint density at radius 2 is 1.97 bits per heavy atom. The zero-order valence-corrected chi connectivity index (χ0v) is 21.0. The van der Waals surface area contributed by atoms with Crippen molar-refractivity contribution in [3.63, 3.8) is 0 Å². The van der Waals surface area contributed by atoms with Crippen molar-refractivity contribution in [3.8, 4) is 0 Å². The molecular weight excluding hydrogens is 485 g/mol. The van der Waals surface area contributed by atoms with Crippen molar-refractivity contribution in [2.24, 2.45) is 11.8 Å². The molecular formula is C30H28FN3O4. The number of hydrazine groups is 1. The first kappa shape index (κ1) is 24.2. The predicted octanol–water partition coefficient (Wildman–Crippen LogP) is 4.72. The number of amides is 1. The Kier molecular flexibility index (Phi) is 6.12. The van der Waals surface area contributed by atoms with Gasteiger partial charge in [-0.1, -0.05) is 25.1 Å². The van der Waals surface area contributed by atoms with Gasteiger partial charge in [0.1, 0.15) is 17.7 Å². The number of hydrogen-bond donors (Lipinski definition) is 2. The number of benzene rings is 2. The second kappa shape index (κ2) is 9.61. The molecule has 194 valence electrons. The Labute approximate surface area is 219 Å². The molecule has 0 saturated heterocycles. The van der Waals surface area contributed by atoms with Crippen molar-refractivity contribution in [2.45, 2.75) is 19.8 Å². The maximum absolute atomic E-state index is 13.8. The molecule has 0 spiro atoms. The van der Waals surface area contributed by atoms with Gasteiger partial charge < -0.3 is 19.8 Å². The number of nitrogens with one attached hydrogen (secondary N) is 1. The Hall–Kier alpha value is -4.17. The van der Waals surface area contributed by atoms with E-state index in [9.17, 15) is 19.1 Å². The van der Waals surface area contributed by atoms with E-state index in [1.54, 1.807) is 18.2 Å². The van der Waals surface area contributed by atoms with E-state index in [4.69, 9.17) is 4.42 Å². The minimum atomic E-state index is -0.362. The minimum absolute atomic E-state index is 0.0103. The summed E-state index contributed by atoms with van der Waals surface area (Å²) in [6, 6.07) is 13.6. The van der Waals surface area contributed by atoms with E-state index in [0.717, 1.165) is 34.5 Å². The number of Topliss-reactive ketones (excluding diaryl/α,β-unsaturated/α-hetero) is 1. The number of rotatable bonds is 7. The number of allylic oxidation sites excluding steroid dienone is 3. The fourth-order valence-electron chi connectivity index (χ4n) is 5.91. The average Bonchev–Trinajstić information content (AvgIpc) is 3.66. The van der Waals surface area contributed by atoms with Crippen molar-refractivity contribution in [2.75, 3.05) is 24.7 Å². The molecule has 3 aliphatic rings. The van der Waals surface area contributed by atoms with E-state index >= 15 is 0 Å². The second-order valence-electron chi connectivity index (χ2n) is 9.92. The molecule has 2 heterocycles. The maximum atomic E-state index is 13.8. The molecule has 1 amide bonds. The first-order valence-corrected chi connectivity index (χ1v) is 12.8. The van der Waals surface area contributed by atoms with Crippen molar-refractivity contribution in [1.29, 1.82) is 0 Å². The molecule has 6 rings (SSSR count). The van der Waals surface area contributed by atoms with E-state index in [-0.39, 0.29) is 49.0 Å². The lowest BCUT2D eigenvalue weighted by molar-refractivity contribution is -0.134. The number of carbonyl (C=O) groups is 2. The number of hydrogen-bond acceptors (Lipinski definition) is 6. The van der Waals surface area contributed by atoms with Gasteiger partial charge in [-0.15, -0.1) is 0 Å². The second-order valence-corrected chi connectivity index (χ2v) is 9.92. The average molecular weight is 514 g/mol. The smallest absolute Gasteiger partial charge is 0.230 e. The number of aliphatic hydroxyl groups excluding tert-OH is 1. The van der Waals surface area contributed by atoms with Crippen LogP contribution < -0.4 is 10.4 Å². The van der Waals surface area contributed by atoms with Crippen LogP contribution in [0.2, 0.25) is 0 Å². The number of halogens is 1. The van der Waals surface area contributed by atoms with E-state index in [1.165, 1.54) is 23.3 Å². The molecule has 0 saturated carbocycles. The summed E-state index contributed by atoms with van der Waals surface area (Å²) in [6.45, 7) is 1.82. The lowest BCUT2D eigenvalue weighted by Gasteiger charge is -2.31. The molecule has 8 heteroatoms. The third kappa shape index (κ3) is 4.01. The Morgan fingerprint density at radius 1 is 1.18 bits per heavy atom. The quantitative estimate of drug-likeness (QED) is 0.445. The van der Waals surface area contributed by atoms with Gasteiger partial charge in [-0.25, -0.2) is 4.39 Å². The van der Waals surface area contributed by atoms with Crippen LogP contribution in [0.4, 0.5) is 10.1 Å². The fourth-order valence-corrected chi connectivity index (χ4v) is 5.91. The summed E-state index contributed by atoms with van der Waals surface area (Å²) in [5.41, 5.74) is 9.38. The molecule has 2 aromatic carbocycles. The number of fused-ring (bicyclic) bond motifs is 2. The molecule has 0 bridgehead atoms. The van der Waals surface area contributed by atoms with Crippen LogP contribution in [0.1, 0.15) is 30.1 Å². The van der Waals surface area contributed by atoms with Crippen LogP contribution in [0.5, 0.6) is 0 Å². The van der Waals surface area contributed by atoms with Gasteiger partial charge >= 0.3 is 0 Å². The molecule has 1 aromatic heterocycles. The normalized spacial score (nSPS) is 20.1. The highest BCUT2D eigenvalue weighted by Gasteiger charge is 2.42. The molecule has 1 aliphatic heterocycles. The number of anilines is 1. The zero-order chi connectivity index (χ0) is 26.4. The first-order chi connectivity index (χ1) is 18.5. The third-order valence-electron chi connectivity index (χ3n) is 7.76. The van der Waals surface area contributed by atoms with Gasteiger partial charge in [0, 0.05) is 29.6 Å². The van der Waals surface area contributed by atoms with E-state index in [2.05, 4.69) is 18.4 Å². The lowest BCUT2D eigenvalue weighted by atomic mass is 9.80. The molecule has 2 N–H and O–H groups in total. The maximum Gasteiger partial charge on any atom is 0.230 e. The van der Waals surface area contributed by atoms with Crippen molar-refractivity contribution in [1.82, 2.24) is 10.3 Å². The van der Waals surface area contributed by atoms with Crippen LogP contribution in [0.15, 0.2) is 93.9 Å². The molecule has 0 radical (unpaired) electrons. The van der Waals surface area contributed by atoms with Crippen molar-refractivity contribution < 1.29 is 23.5 Å². The summed E-state index contributed by atoms with van der Waals surface area (Å²) in [5, 5.41) is 12.4. The number of furan rings is 1. The predicted molar refractivity (Wildman–Crippen MR) is 141 cm³/mol. The van der Waals surface area contributed by atoms with E-state index in [0.29, 0.717) is 23.0 Å². The summed E-state index contributed by atoms with van der Waals surface area (Å²) in [6.07, 6.45) is 6.88.